The van der Waals surface area contributed by atoms with Crippen molar-refractivity contribution in [3.63, 3.8) is 0 Å². The smallest absolute Gasteiger partial charge is 0.320 e. The van der Waals surface area contributed by atoms with E-state index in [-0.39, 0.29) is 0 Å². The number of hydrogen-bond acceptors (Lipinski definition) is 4. The maximum Gasteiger partial charge on any atom is 0.320 e. The fourth-order valence-electron chi connectivity index (χ4n) is 3.21. The van der Waals surface area contributed by atoms with Gasteiger partial charge in [0.05, 0.1) is 14.2 Å². The minimum atomic E-state index is -0.813. The molecule has 0 fully saturated rings. The summed E-state index contributed by atoms with van der Waals surface area (Å²) in [4.78, 5) is 23.4. The third kappa shape index (κ3) is 4.44. The Bertz CT molecular complexity index is 558. The van der Waals surface area contributed by atoms with Gasteiger partial charge in [0.15, 0.2) is 5.92 Å². The van der Waals surface area contributed by atoms with Gasteiger partial charge in [0.25, 0.3) is 0 Å². The SMILES string of the molecule is COC(=O)C(CCCC1=C(c2ccccc2)CCC1)C(=O)OC. The number of benzene rings is 1. The van der Waals surface area contributed by atoms with E-state index in [1.54, 1.807) is 0 Å². The molecule has 0 unspecified atom stereocenters. The second-order valence-electron chi connectivity index (χ2n) is 5.79. The molecule has 0 saturated carbocycles. The van der Waals surface area contributed by atoms with Crippen molar-refractivity contribution in [1.82, 2.24) is 0 Å². The van der Waals surface area contributed by atoms with Gasteiger partial charge in [0, 0.05) is 0 Å². The molecule has 124 valence electrons. The number of allylic oxidation sites excluding steroid dienone is 2. The lowest BCUT2D eigenvalue weighted by atomic mass is 9.95. The summed E-state index contributed by atoms with van der Waals surface area (Å²) in [6.45, 7) is 0. The van der Waals surface area contributed by atoms with Crippen LogP contribution in [0.3, 0.4) is 0 Å². The first-order valence-electron chi connectivity index (χ1n) is 8.09. The van der Waals surface area contributed by atoms with Crippen molar-refractivity contribution < 1.29 is 19.1 Å². The molecule has 0 radical (unpaired) electrons. The van der Waals surface area contributed by atoms with Gasteiger partial charge < -0.3 is 9.47 Å². The van der Waals surface area contributed by atoms with Crippen LogP contribution in [0.2, 0.25) is 0 Å². The van der Waals surface area contributed by atoms with Crippen LogP contribution in [0, 0.1) is 5.92 Å². The zero-order chi connectivity index (χ0) is 16.7. The lowest BCUT2D eigenvalue weighted by Gasteiger charge is -2.13. The predicted octanol–water partition coefficient (Wildman–Crippen LogP) is 3.76. The van der Waals surface area contributed by atoms with Crippen molar-refractivity contribution >= 4 is 17.5 Å². The number of methoxy groups -OCH3 is 2. The second-order valence-corrected chi connectivity index (χ2v) is 5.79. The van der Waals surface area contributed by atoms with Crippen LogP contribution in [0.15, 0.2) is 35.9 Å². The van der Waals surface area contributed by atoms with Crippen LogP contribution >= 0.6 is 0 Å². The molecule has 2 rings (SSSR count). The highest BCUT2D eigenvalue weighted by Crippen LogP contribution is 2.36. The molecular weight excluding hydrogens is 292 g/mol. The maximum atomic E-state index is 11.7. The third-order valence-electron chi connectivity index (χ3n) is 4.40. The normalized spacial score (nSPS) is 14.2. The molecular formula is C19H24O4. The first-order chi connectivity index (χ1) is 11.2. The Kier molecular flexibility index (Phi) is 6.39. The van der Waals surface area contributed by atoms with E-state index >= 15 is 0 Å². The zero-order valence-electron chi connectivity index (χ0n) is 13.8. The van der Waals surface area contributed by atoms with E-state index in [2.05, 4.69) is 24.3 Å². The monoisotopic (exact) mass is 316 g/mol. The molecule has 0 saturated heterocycles. The van der Waals surface area contributed by atoms with Gasteiger partial charge in [0.1, 0.15) is 0 Å². The molecule has 0 N–H and O–H groups in total. The number of carbonyl (C=O) groups is 2. The van der Waals surface area contributed by atoms with Crippen LogP contribution in [0.4, 0.5) is 0 Å². The number of esters is 2. The van der Waals surface area contributed by atoms with Crippen molar-refractivity contribution in [2.45, 2.75) is 38.5 Å². The Labute approximate surface area is 137 Å². The van der Waals surface area contributed by atoms with Crippen molar-refractivity contribution in [2.75, 3.05) is 14.2 Å². The molecule has 1 aliphatic carbocycles. The summed E-state index contributed by atoms with van der Waals surface area (Å²) in [6.07, 6.45) is 5.54. The Morgan fingerprint density at radius 2 is 1.70 bits per heavy atom. The number of rotatable bonds is 7. The molecule has 0 bridgehead atoms. The van der Waals surface area contributed by atoms with Crippen molar-refractivity contribution in [1.29, 1.82) is 0 Å². The molecule has 1 aromatic rings. The molecule has 4 heteroatoms. The predicted molar refractivity (Wildman–Crippen MR) is 88.6 cm³/mol. The topological polar surface area (TPSA) is 52.6 Å². The molecule has 1 aromatic carbocycles. The summed E-state index contributed by atoms with van der Waals surface area (Å²) in [6, 6.07) is 10.4. The minimum absolute atomic E-state index is 0.463. The van der Waals surface area contributed by atoms with Crippen molar-refractivity contribution in [2.24, 2.45) is 5.92 Å². The second kappa shape index (κ2) is 8.51. The first kappa shape index (κ1) is 17.3. The highest BCUT2D eigenvalue weighted by Gasteiger charge is 2.28. The van der Waals surface area contributed by atoms with Gasteiger partial charge >= 0.3 is 11.9 Å². The molecule has 0 heterocycles. The van der Waals surface area contributed by atoms with E-state index < -0.39 is 17.9 Å². The maximum absolute atomic E-state index is 11.7. The van der Waals surface area contributed by atoms with E-state index in [4.69, 9.17) is 9.47 Å². The molecule has 4 nitrogen and oxygen atoms in total. The molecule has 0 atom stereocenters. The highest BCUT2D eigenvalue weighted by atomic mass is 16.5. The molecule has 0 aromatic heterocycles. The molecule has 0 spiro atoms. The molecule has 23 heavy (non-hydrogen) atoms. The van der Waals surface area contributed by atoms with Crippen molar-refractivity contribution in [3.05, 3.63) is 41.5 Å². The Hall–Kier alpha value is -2.10. The van der Waals surface area contributed by atoms with E-state index in [1.807, 2.05) is 6.07 Å². The fourth-order valence-corrected chi connectivity index (χ4v) is 3.21. The number of carbonyl (C=O) groups excluding carboxylic acids is 2. The summed E-state index contributed by atoms with van der Waals surface area (Å²) in [7, 11) is 2.59. The summed E-state index contributed by atoms with van der Waals surface area (Å²) in [5.74, 6) is -1.84. The lowest BCUT2D eigenvalue weighted by Crippen LogP contribution is -2.26. The molecule has 1 aliphatic rings. The van der Waals surface area contributed by atoms with Gasteiger partial charge in [-0.25, -0.2) is 0 Å². The largest absolute Gasteiger partial charge is 0.468 e. The van der Waals surface area contributed by atoms with E-state index in [0.29, 0.717) is 6.42 Å². The molecule has 0 amide bonds. The van der Waals surface area contributed by atoms with Crippen LogP contribution in [-0.2, 0) is 19.1 Å². The van der Waals surface area contributed by atoms with E-state index in [1.165, 1.54) is 37.4 Å². The Morgan fingerprint density at radius 1 is 1.04 bits per heavy atom. The zero-order valence-corrected chi connectivity index (χ0v) is 13.8. The lowest BCUT2D eigenvalue weighted by molar-refractivity contribution is -0.159. The highest BCUT2D eigenvalue weighted by molar-refractivity contribution is 5.94. The van der Waals surface area contributed by atoms with E-state index in [0.717, 1.165) is 25.7 Å². The average Bonchev–Trinajstić information content (AvgIpc) is 3.06. The standard InChI is InChI=1S/C19H24O4/c1-22-18(20)17(19(21)23-2)13-7-11-15-10-6-12-16(15)14-8-4-3-5-9-14/h3-5,8-9,17H,6-7,10-13H2,1-2H3. The van der Waals surface area contributed by atoms with Gasteiger partial charge in [-0.15, -0.1) is 0 Å². The number of hydrogen-bond donors (Lipinski definition) is 0. The van der Waals surface area contributed by atoms with Crippen LogP contribution in [0.25, 0.3) is 5.57 Å². The Morgan fingerprint density at radius 3 is 2.30 bits per heavy atom. The van der Waals surface area contributed by atoms with Gasteiger partial charge in [-0.2, -0.15) is 0 Å². The van der Waals surface area contributed by atoms with Crippen LogP contribution in [0.1, 0.15) is 44.1 Å². The van der Waals surface area contributed by atoms with Crippen molar-refractivity contribution in [3.8, 4) is 0 Å². The van der Waals surface area contributed by atoms with Gasteiger partial charge in [-0.3, -0.25) is 9.59 Å². The van der Waals surface area contributed by atoms with Gasteiger partial charge in [-0.05, 0) is 49.7 Å². The summed E-state index contributed by atoms with van der Waals surface area (Å²) in [5, 5.41) is 0. The van der Waals surface area contributed by atoms with Crippen LogP contribution in [0.5, 0.6) is 0 Å². The molecule has 0 aliphatic heterocycles. The average molecular weight is 316 g/mol. The quantitative estimate of drug-likeness (QED) is 0.568. The van der Waals surface area contributed by atoms with E-state index in [9.17, 15) is 9.59 Å². The third-order valence-corrected chi connectivity index (χ3v) is 4.40. The summed E-state index contributed by atoms with van der Waals surface area (Å²) in [5.41, 5.74) is 4.17. The summed E-state index contributed by atoms with van der Waals surface area (Å²) >= 11 is 0. The van der Waals surface area contributed by atoms with Crippen LogP contribution < -0.4 is 0 Å². The van der Waals surface area contributed by atoms with Gasteiger partial charge in [0.2, 0.25) is 0 Å². The minimum Gasteiger partial charge on any atom is -0.468 e. The van der Waals surface area contributed by atoms with Gasteiger partial charge in [-0.1, -0.05) is 35.9 Å². The fraction of sp³-hybridized carbons (Fsp3) is 0.474. The summed E-state index contributed by atoms with van der Waals surface area (Å²) < 4.78 is 9.39. The number of ether oxygens (including phenoxy) is 2. The van der Waals surface area contributed by atoms with Crippen LogP contribution in [-0.4, -0.2) is 26.2 Å². The Balaban J connectivity index is 1.99. The first-order valence-corrected chi connectivity index (χ1v) is 8.09.